The lowest BCUT2D eigenvalue weighted by molar-refractivity contribution is -0.140. The third-order valence-corrected chi connectivity index (χ3v) is 7.10. The van der Waals surface area contributed by atoms with E-state index in [9.17, 15) is 14.7 Å². The molecule has 0 bridgehead atoms. The van der Waals surface area contributed by atoms with Crippen LogP contribution < -0.4 is 9.47 Å². The molecule has 1 saturated heterocycles. The summed E-state index contributed by atoms with van der Waals surface area (Å²) in [6.45, 7) is 12.7. The Kier molecular flexibility index (Phi) is 11.9. The van der Waals surface area contributed by atoms with Gasteiger partial charge in [0, 0.05) is 12.1 Å². The molecule has 0 saturated carbocycles. The van der Waals surface area contributed by atoms with Crippen LogP contribution in [0.4, 0.5) is 0 Å². The lowest BCUT2D eigenvalue weighted by atomic mass is 9.95. The van der Waals surface area contributed by atoms with Gasteiger partial charge in [0.1, 0.15) is 17.3 Å². The van der Waals surface area contributed by atoms with Crippen LogP contribution in [-0.4, -0.2) is 66.0 Å². The van der Waals surface area contributed by atoms with Crippen molar-refractivity contribution in [2.45, 2.75) is 65.8 Å². The molecule has 1 amide bonds. The van der Waals surface area contributed by atoms with Gasteiger partial charge in [-0.25, -0.2) is 0 Å². The van der Waals surface area contributed by atoms with Gasteiger partial charge in [-0.05, 0) is 80.9 Å². The van der Waals surface area contributed by atoms with Crippen LogP contribution in [0, 0.1) is 0 Å². The smallest absolute Gasteiger partial charge is 0.295 e. The van der Waals surface area contributed by atoms with Crippen molar-refractivity contribution in [3.05, 3.63) is 65.2 Å². The highest BCUT2D eigenvalue weighted by Gasteiger charge is 2.45. The molecule has 1 atom stereocenters. The molecule has 0 radical (unpaired) electrons. The molecule has 39 heavy (non-hydrogen) atoms. The normalized spacial score (nSPS) is 16.7. The number of carbonyl (C=O) groups excluding carboxylic acids is 2. The van der Waals surface area contributed by atoms with Gasteiger partial charge in [-0.3, -0.25) is 9.59 Å². The molecule has 1 heterocycles. The average Bonchev–Trinajstić information content (AvgIpc) is 3.21. The average molecular weight is 537 g/mol. The first kappa shape index (κ1) is 30.2. The highest BCUT2D eigenvalue weighted by atomic mass is 16.5. The number of hydrogen-bond donors (Lipinski definition) is 1. The number of hydrogen-bond acceptors (Lipinski definition) is 6. The van der Waals surface area contributed by atoms with Gasteiger partial charge in [-0.1, -0.05) is 52.7 Å². The fraction of sp³-hybridized carbons (Fsp3) is 0.500. The number of Topliss-reactive ketones (excluding diaryl/α,β-unsaturated/α-hetero) is 1. The number of aliphatic hydroxyl groups is 1. The largest absolute Gasteiger partial charge is 0.507 e. The number of likely N-dealkylation sites (tertiary alicyclic amines) is 1. The highest BCUT2D eigenvalue weighted by Crippen LogP contribution is 2.40. The molecule has 1 aliphatic rings. The number of unbranched alkanes of at least 4 members (excludes halogenated alkanes) is 2. The number of ketones is 1. The highest BCUT2D eigenvalue weighted by molar-refractivity contribution is 6.46. The van der Waals surface area contributed by atoms with Crippen molar-refractivity contribution in [1.29, 1.82) is 0 Å². The Hall–Kier alpha value is -3.32. The summed E-state index contributed by atoms with van der Waals surface area (Å²) in [6.07, 6.45) is 4.78. The van der Waals surface area contributed by atoms with E-state index in [0.29, 0.717) is 36.8 Å². The molecule has 1 unspecified atom stereocenters. The zero-order chi connectivity index (χ0) is 28.2. The van der Waals surface area contributed by atoms with Crippen molar-refractivity contribution < 1.29 is 24.2 Å². The first-order chi connectivity index (χ1) is 18.9. The third-order valence-electron chi connectivity index (χ3n) is 7.10. The van der Waals surface area contributed by atoms with Gasteiger partial charge in [-0.2, -0.15) is 0 Å². The summed E-state index contributed by atoms with van der Waals surface area (Å²) < 4.78 is 11.6. The molecule has 7 nitrogen and oxygen atoms in total. The molecule has 3 rings (SSSR count). The first-order valence-electron chi connectivity index (χ1n) is 14.4. The second-order valence-electron chi connectivity index (χ2n) is 9.87. The minimum absolute atomic E-state index is 0.105. The topological polar surface area (TPSA) is 79.3 Å². The maximum absolute atomic E-state index is 13.4. The van der Waals surface area contributed by atoms with Crippen molar-refractivity contribution in [3.8, 4) is 11.5 Å². The Bertz CT molecular complexity index is 1110. The van der Waals surface area contributed by atoms with Crippen LogP contribution in [0.1, 0.15) is 77.0 Å². The van der Waals surface area contributed by atoms with Crippen molar-refractivity contribution in [1.82, 2.24) is 9.80 Å². The summed E-state index contributed by atoms with van der Waals surface area (Å²) in [7, 11) is 0. The molecule has 0 aliphatic carbocycles. The van der Waals surface area contributed by atoms with Crippen molar-refractivity contribution in [2.24, 2.45) is 0 Å². The van der Waals surface area contributed by atoms with Gasteiger partial charge in [0.25, 0.3) is 11.7 Å². The zero-order valence-electron chi connectivity index (χ0n) is 23.9. The van der Waals surface area contributed by atoms with E-state index < -0.39 is 17.7 Å². The molecular weight excluding hydrogens is 492 g/mol. The van der Waals surface area contributed by atoms with Gasteiger partial charge in [0.05, 0.1) is 24.8 Å². The standard InChI is InChI=1S/C32H44N2O5/c1-5-9-10-22-39-27-14-11-13-25(23-27)29-28(30(35)24-15-17-26(18-16-24)38-21-6-2)31(36)32(37)34(29)20-12-19-33(7-3)8-4/h11,13-18,23,29,35H,5-10,12,19-22H2,1-4H3. The first-order valence-corrected chi connectivity index (χ1v) is 14.4. The van der Waals surface area contributed by atoms with Crippen molar-refractivity contribution in [2.75, 3.05) is 39.4 Å². The number of ether oxygens (including phenoxy) is 2. The van der Waals surface area contributed by atoms with Gasteiger partial charge >= 0.3 is 0 Å². The van der Waals surface area contributed by atoms with Crippen LogP contribution in [0.15, 0.2) is 54.1 Å². The lowest BCUT2D eigenvalue weighted by Crippen LogP contribution is -2.33. The summed E-state index contributed by atoms with van der Waals surface area (Å²) in [4.78, 5) is 30.6. The van der Waals surface area contributed by atoms with E-state index >= 15 is 0 Å². The van der Waals surface area contributed by atoms with Gasteiger partial charge in [-0.15, -0.1) is 0 Å². The summed E-state index contributed by atoms with van der Waals surface area (Å²) in [6, 6.07) is 13.8. The van der Waals surface area contributed by atoms with E-state index in [4.69, 9.17) is 9.47 Å². The molecular formula is C32H44N2O5. The summed E-state index contributed by atoms with van der Waals surface area (Å²) >= 11 is 0. The van der Waals surface area contributed by atoms with Crippen LogP contribution in [0.3, 0.4) is 0 Å². The second kappa shape index (κ2) is 15.3. The summed E-state index contributed by atoms with van der Waals surface area (Å²) in [5.41, 5.74) is 1.32. The van der Waals surface area contributed by atoms with E-state index in [1.807, 2.05) is 31.2 Å². The van der Waals surface area contributed by atoms with Gasteiger partial charge in [0.15, 0.2) is 0 Å². The molecule has 7 heteroatoms. The minimum Gasteiger partial charge on any atom is -0.507 e. The maximum Gasteiger partial charge on any atom is 0.295 e. The number of aliphatic hydroxyl groups excluding tert-OH is 1. The molecule has 212 valence electrons. The molecule has 1 N–H and O–H groups in total. The van der Waals surface area contributed by atoms with Gasteiger partial charge < -0.3 is 24.4 Å². The summed E-state index contributed by atoms with van der Waals surface area (Å²) in [5.74, 6) is -0.0513. The number of rotatable bonds is 16. The molecule has 2 aromatic carbocycles. The van der Waals surface area contributed by atoms with E-state index in [1.165, 1.54) is 0 Å². The quantitative estimate of drug-likeness (QED) is 0.119. The van der Waals surface area contributed by atoms with E-state index in [0.717, 1.165) is 57.3 Å². The van der Waals surface area contributed by atoms with Crippen LogP contribution in [0.25, 0.3) is 5.76 Å². The minimum atomic E-state index is -0.697. The molecule has 0 aromatic heterocycles. The SMILES string of the molecule is CCCCCOc1cccc(C2C(=C(O)c3ccc(OCCC)cc3)C(=O)C(=O)N2CCCN(CC)CC)c1. The monoisotopic (exact) mass is 536 g/mol. The Labute approximate surface area is 233 Å². The van der Waals surface area contributed by atoms with Crippen molar-refractivity contribution in [3.63, 3.8) is 0 Å². The zero-order valence-corrected chi connectivity index (χ0v) is 23.9. The number of nitrogens with zero attached hydrogens (tertiary/aromatic N) is 2. The lowest BCUT2D eigenvalue weighted by Gasteiger charge is -2.27. The van der Waals surface area contributed by atoms with Crippen LogP contribution in [-0.2, 0) is 9.59 Å². The Morgan fingerprint density at radius 2 is 1.59 bits per heavy atom. The number of amides is 1. The van der Waals surface area contributed by atoms with E-state index in [1.54, 1.807) is 29.2 Å². The Balaban J connectivity index is 1.97. The fourth-order valence-corrected chi connectivity index (χ4v) is 4.86. The molecule has 1 aliphatic heterocycles. The molecule has 0 spiro atoms. The van der Waals surface area contributed by atoms with Crippen LogP contribution >= 0.6 is 0 Å². The second-order valence-corrected chi connectivity index (χ2v) is 9.87. The van der Waals surface area contributed by atoms with Crippen LogP contribution in [0.2, 0.25) is 0 Å². The predicted molar refractivity (Wildman–Crippen MR) is 155 cm³/mol. The van der Waals surface area contributed by atoms with Crippen molar-refractivity contribution >= 4 is 17.4 Å². The van der Waals surface area contributed by atoms with E-state index in [-0.39, 0.29) is 11.3 Å². The maximum atomic E-state index is 13.4. The summed E-state index contributed by atoms with van der Waals surface area (Å²) in [5, 5.41) is 11.4. The Morgan fingerprint density at radius 3 is 2.26 bits per heavy atom. The fourth-order valence-electron chi connectivity index (χ4n) is 4.86. The molecule has 2 aromatic rings. The third kappa shape index (κ3) is 7.85. The number of benzene rings is 2. The predicted octanol–water partition coefficient (Wildman–Crippen LogP) is 6.20. The number of carbonyl (C=O) groups is 2. The Morgan fingerprint density at radius 1 is 0.872 bits per heavy atom. The van der Waals surface area contributed by atoms with Crippen LogP contribution in [0.5, 0.6) is 11.5 Å². The molecule has 1 fully saturated rings. The van der Waals surface area contributed by atoms with E-state index in [2.05, 4.69) is 25.7 Å². The van der Waals surface area contributed by atoms with Gasteiger partial charge in [0.2, 0.25) is 0 Å².